The van der Waals surface area contributed by atoms with Gasteiger partial charge in [-0.2, -0.15) is 0 Å². The number of amides is 1. The first kappa shape index (κ1) is 17.6. The number of rotatable bonds is 5. The highest BCUT2D eigenvalue weighted by Crippen LogP contribution is 2.21. The first-order chi connectivity index (χ1) is 11.9. The zero-order valence-corrected chi connectivity index (χ0v) is 14.8. The first-order valence-electron chi connectivity index (χ1n) is 8.14. The van der Waals surface area contributed by atoms with Crippen LogP contribution in [-0.2, 0) is 21.4 Å². The summed E-state index contributed by atoms with van der Waals surface area (Å²) in [5.74, 6) is 0.532. The molecule has 0 aliphatic carbocycles. The number of piperidine rings is 1. The number of hydrogen-bond donors (Lipinski definition) is 1. The van der Waals surface area contributed by atoms with Crippen molar-refractivity contribution in [3.63, 3.8) is 0 Å². The minimum Gasteiger partial charge on any atom is -0.464 e. The van der Waals surface area contributed by atoms with Crippen LogP contribution in [0.15, 0.2) is 41.3 Å². The number of sulfonamides is 1. The molecule has 2 aromatic heterocycles. The largest absolute Gasteiger partial charge is 0.464 e. The summed E-state index contributed by atoms with van der Waals surface area (Å²) in [7, 11) is -3.17. The van der Waals surface area contributed by atoms with Gasteiger partial charge < -0.3 is 9.73 Å². The van der Waals surface area contributed by atoms with Gasteiger partial charge in [-0.15, -0.1) is 0 Å². The number of nitrogens with zero attached hydrogens (tertiary/aromatic N) is 2. The molecule has 1 saturated heterocycles. The average molecular weight is 363 g/mol. The van der Waals surface area contributed by atoms with E-state index in [1.807, 2.05) is 18.2 Å². The van der Waals surface area contributed by atoms with Gasteiger partial charge in [-0.1, -0.05) is 0 Å². The molecule has 25 heavy (non-hydrogen) atoms. The number of hydrogen-bond acceptors (Lipinski definition) is 5. The van der Waals surface area contributed by atoms with Crippen LogP contribution >= 0.6 is 0 Å². The van der Waals surface area contributed by atoms with E-state index in [-0.39, 0.29) is 11.8 Å². The minimum absolute atomic E-state index is 0.0449. The Bertz CT molecular complexity index is 825. The van der Waals surface area contributed by atoms with Gasteiger partial charge in [0.1, 0.15) is 5.76 Å². The molecular formula is C17H21N3O4S. The van der Waals surface area contributed by atoms with E-state index in [0.717, 1.165) is 16.9 Å². The van der Waals surface area contributed by atoms with E-state index in [9.17, 15) is 13.2 Å². The second-order valence-corrected chi connectivity index (χ2v) is 8.20. The van der Waals surface area contributed by atoms with Gasteiger partial charge in [0.05, 0.1) is 12.5 Å². The highest BCUT2D eigenvalue weighted by atomic mass is 32.2. The summed E-state index contributed by atoms with van der Waals surface area (Å²) in [6.45, 7) is 1.17. The zero-order valence-electron chi connectivity index (χ0n) is 14.0. The summed E-state index contributed by atoms with van der Waals surface area (Å²) in [5, 5.41) is 2.92. The van der Waals surface area contributed by atoms with E-state index in [1.54, 1.807) is 18.7 Å². The van der Waals surface area contributed by atoms with E-state index < -0.39 is 10.0 Å². The molecule has 2 aromatic rings. The standard InChI is InChI=1S/C17H21N3O4S/c1-25(22,23)20-6-4-14(5-7-20)17(21)19-11-13-9-15(12-18-10-13)16-3-2-8-24-16/h2-3,8-10,12,14H,4-7,11H2,1H3,(H,19,21). The molecule has 3 rings (SSSR count). The van der Waals surface area contributed by atoms with Crippen molar-refractivity contribution < 1.29 is 17.6 Å². The number of aromatic nitrogens is 1. The van der Waals surface area contributed by atoms with Gasteiger partial charge in [0.15, 0.2) is 0 Å². The summed E-state index contributed by atoms with van der Waals surface area (Å²) >= 11 is 0. The molecular weight excluding hydrogens is 342 g/mol. The second-order valence-electron chi connectivity index (χ2n) is 6.21. The van der Waals surface area contributed by atoms with E-state index in [1.165, 1.54) is 10.6 Å². The number of nitrogens with one attached hydrogen (secondary N) is 1. The monoisotopic (exact) mass is 363 g/mol. The highest BCUT2D eigenvalue weighted by molar-refractivity contribution is 7.88. The maximum Gasteiger partial charge on any atom is 0.223 e. The van der Waals surface area contributed by atoms with Crippen molar-refractivity contribution >= 4 is 15.9 Å². The van der Waals surface area contributed by atoms with E-state index >= 15 is 0 Å². The molecule has 0 saturated carbocycles. The molecule has 0 spiro atoms. The Morgan fingerprint density at radius 3 is 2.76 bits per heavy atom. The Kier molecular flexibility index (Phi) is 5.19. The smallest absolute Gasteiger partial charge is 0.223 e. The third-order valence-electron chi connectivity index (χ3n) is 4.36. The average Bonchev–Trinajstić information content (AvgIpc) is 3.14. The Morgan fingerprint density at radius 2 is 2.12 bits per heavy atom. The molecule has 0 unspecified atom stereocenters. The Labute approximate surface area is 147 Å². The predicted molar refractivity (Wildman–Crippen MR) is 92.9 cm³/mol. The molecule has 1 fully saturated rings. The SMILES string of the molecule is CS(=O)(=O)N1CCC(C(=O)NCc2cncc(-c3ccco3)c2)CC1. The van der Waals surface area contributed by atoms with Crippen LogP contribution in [0.3, 0.4) is 0 Å². The Balaban J connectivity index is 1.54. The maximum absolute atomic E-state index is 12.3. The van der Waals surface area contributed by atoms with Crippen LogP contribution in [0.5, 0.6) is 0 Å². The normalized spacial score (nSPS) is 16.7. The quantitative estimate of drug-likeness (QED) is 0.872. The van der Waals surface area contributed by atoms with Gasteiger partial charge >= 0.3 is 0 Å². The van der Waals surface area contributed by atoms with Crippen molar-refractivity contribution in [2.24, 2.45) is 5.92 Å². The lowest BCUT2D eigenvalue weighted by atomic mass is 9.97. The molecule has 0 radical (unpaired) electrons. The third kappa shape index (κ3) is 4.46. The predicted octanol–water partition coefficient (Wildman–Crippen LogP) is 1.63. The summed E-state index contributed by atoms with van der Waals surface area (Å²) in [5.41, 5.74) is 1.74. The molecule has 1 aliphatic heterocycles. The van der Waals surface area contributed by atoms with Crippen LogP contribution in [0, 0.1) is 5.92 Å². The van der Waals surface area contributed by atoms with E-state index in [2.05, 4.69) is 10.3 Å². The van der Waals surface area contributed by atoms with Crippen LogP contribution < -0.4 is 5.32 Å². The van der Waals surface area contributed by atoms with Crippen molar-refractivity contribution in [2.45, 2.75) is 19.4 Å². The number of carbonyl (C=O) groups excluding carboxylic acids is 1. The van der Waals surface area contributed by atoms with Crippen LogP contribution in [0.25, 0.3) is 11.3 Å². The lowest BCUT2D eigenvalue weighted by Crippen LogP contribution is -2.42. The highest BCUT2D eigenvalue weighted by Gasteiger charge is 2.28. The first-order valence-corrected chi connectivity index (χ1v) is 9.99. The fraction of sp³-hybridized carbons (Fsp3) is 0.412. The lowest BCUT2D eigenvalue weighted by molar-refractivity contribution is -0.126. The second kappa shape index (κ2) is 7.37. The third-order valence-corrected chi connectivity index (χ3v) is 5.66. The number of furan rings is 1. The molecule has 8 heteroatoms. The summed E-state index contributed by atoms with van der Waals surface area (Å²) in [6.07, 6.45) is 7.32. The summed E-state index contributed by atoms with van der Waals surface area (Å²) < 4.78 is 29.8. The van der Waals surface area contributed by atoms with Crippen molar-refractivity contribution in [2.75, 3.05) is 19.3 Å². The van der Waals surface area contributed by atoms with Crippen LogP contribution in [0.2, 0.25) is 0 Å². The Hall–Kier alpha value is -2.19. The van der Waals surface area contributed by atoms with Crippen molar-refractivity contribution in [1.82, 2.24) is 14.6 Å². The van der Waals surface area contributed by atoms with Gasteiger partial charge in [0.2, 0.25) is 15.9 Å². The topological polar surface area (TPSA) is 92.5 Å². The van der Waals surface area contributed by atoms with Gasteiger partial charge in [-0.3, -0.25) is 9.78 Å². The Morgan fingerprint density at radius 1 is 1.36 bits per heavy atom. The molecule has 134 valence electrons. The summed E-state index contributed by atoms with van der Waals surface area (Å²) in [6, 6.07) is 5.60. The van der Waals surface area contributed by atoms with Gasteiger partial charge in [-0.05, 0) is 36.6 Å². The number of carbonyl (C=O) groups is 1. The summed E-state index contributed by atoms with van der Waals surface area (Å²) in [4.78, 5) is 16.5. The molecule has 7 nitrogen and oxygen atoms in total. The van der Waals surface area contributed by atoms with Crippen LogP contribution in [0.4, 0.5) is 0 Å². The molecule has 1 aliphatic rings. The fourth-order valence-electron chi connectivity index (χ4n) is 2.94. The zero-order chi connectivity index (χ0) is 17.9. The molecule has 0 atom stereocenters. The number of pyridine rings is 1. The molecule has 1 amide bonds. The van der Waals surface area contributed by atoms with Gasteiger partial charge in [-0.25, -0.2) is 12.7 Å². The van der Waals surface area contributed by atoms with Crippen molar-refractivity contribution in [1.29, 1.82) is 0 Å². The van der Waals surface area contributed by atoms with Crippen LogP contribution in [-0.4, -0.2) is 43.0 Å². The fourth-order valence-corrected chi connectivity index (χ4v) is 3.82. The molecule has 3 heterocycles. The van der Waals surface area contributed by atoms with E-state index in [4.69, 9.17) is 4.42 Å². The van der Waals surface area contributed by atoms with Crippen LogP contribution in [0.1, 0.15) is 18.4 Å². The molecule has 0 bridgehead atoms. The van der Waals surface area contributed by atoms with Crippen molar-refractivity contribution in [3.05, 3.63) is 42.4 Å². The maximum atomic E-state index is 12.3. The van der Waals surface area contributed by atoms with Gasteiger partial charge in [0, 0.05) is 43.5 Å². The molecule has 1 N–H and O–H groups in total. The lowest BCUT2D eigenvalue weighted by Gasteiger charge is -2.29. The van der Waals surface area contributed by atoms with E-state index in [0.29, 0.717) is 32.5 Å². The molecule has 0 aromatic carbocycles. The van der Waals surface area contributed by atoms with Gasteiger partial charge in [0.25, 0.3) is 0 Å². The minimum atomic E-state index is -3.17. The van der Waals surface area contributed by atoms with Crippen molar-refractivity contribution in [3.8, 4) is 11.3 Å².